The predicted molar refractivity (Wildman–Crippen MR) is 70.8 cm³/mol. The van der Waals surface area contributed by atoms with Crippen LogP contribution < -0.4 is 5.32 Å². The molecule has 1 aromatic heterocycles. The van der Waals surface area contributed by atoms with Gasteiger partial charge in [-0.05, 0) is 34.1 Å². The molecule has 0 amide bonds. The largest absolute Gasteiger partial charge is 0.309 e. The molecule has 1 atom stereocenters. The number of rotatable bonds is 6. The molecule has 4 heteroatoms. The second-order valence-corrected chi connectivity index (χ2v) is 5.75. The Balaban J connectivity index is 2.40. The van der Waals surface area contributed by atoms with Crippen molar-refractivity contribution in [3.8, 4) is 0 Å². The van der Waals surface area contributed by atoms with Gasteiger partial charge in [-0.2, -0.15) is 0 Å². The Morgan fingerprint density at radius 2 is 2.12 bits per heavy atom. The van der Waals surface area contributed by atoms with Gasteiger partial charge in [0.1, 0.15) is 0 Å². The van der Waals surface area contributed by atoms with Crippen molar-refractivity contribution >= 4 is 0 Å². The van der Waals surface area contributed by atoms with Crippen LogP contribution >= 0.6 is 0 Å². The first-order valence-corrected chi connectivity index (χ1v) is 6.58. The number of aromatic nitrogens is 3. The van der Waals surface area contributed by atoms with Crippen molar-refractivity contribution in [2.75, 3.05) is 0 Å². The molecule has 0 spiro atoms. The van der Waals surface area contributed by atoms with E-state index in [0.29, 0.717) is 6.04 Å². The van der Waals surface area contributed by atoms with Crippen LogP contribution in [0.15, 0.2) is 6.20 Å². The molecule has 98 valence electrons. The Hall–Kier alpha value is -0.900. The lowest BCUT2D eigenvalue weighted by molar-refractivity contribution is 0.347. The number of hydrogen-bond donors (Lipinski definition) is 1. The Morgan fingerprint density at radius 3 is 2.65 bits per heavy atom. The van der Waals surface area contributed by atoms with E-state index in [9.17, 15) is 0 Å². The summed E-state index contributed by atoms with van der Waals surface area (Å²) in [5.74, 6) is 0. The number of unbranched alkanes of at least 4 members (excludes halogenated alkanes) is 1. The second-order valence-electron chi connectivity index (χ2n) is 5.75. The van der Waals surface area contributed by atoms with E-state index < -0.39 is 0 Å². The minimum Gasteiger partial charge on any atom is -0.309 e. The van der Waals surface area contributed by atoms with Gasteiger partial charge in [0.25, 0.3) is 0 Å². The summed E-state index contributed by atoms with van der Waals surface area (Å²) in [6.07, 6.45) is 5.79. The Kier molecular flexibility index (Phi) is 5.12. The van der Waals surface area contributed by atoms with Crippen molar-refractivity contribution in [3.05, 3.63) is 11.9 Å². The van der Waals surface area contributed by atoms with E-state index in [2.05, 4.69) is 50.2 Å². The van der Waals surface area contributed by atoms with Gasteiger partial charge in [0, 0.05) is 12.6 Å². The third-order valence-electron chi connectivity index (χ3n) is 2.85. The summed E-state index contributed by atoms with van der Waals surface area (Å²) in [5, 5.41) is 11.8. The standard InChI is InChI=1S/C13H26N4/c1-6-7-8-11(2)14-9-12-10-17(16-15-12)13(3,4)5/h10-11,14H,6-9H2,1-5H3. The summed E-state index contributed by atoms with van der Waals surface area (Å²) in [5.41, 5.74) is 1.03. The minimum atomic E-state index is 0.0130. The molecule has 1 heterocycles. The minimum absolute atomic E-state index is 0.0130. The molecule has 0 aliphatic rings. The molecule has 0 fully saturated rings. The van der Waals surface area contributed by atoms with E-state index in [-0.39, 0.29) is 5.54 Å². The Labute approximate surface area is 105 Å². The van der Waals surface area contributed by atoms with Crippen molar-refractivity contribution in [1.29, 1.82) is 0 Å². The number of nitrogens with zero attached hydrogens (tertiary/aromatic N) is 3. The first kappa shape index (κ1) is 14.2. The fraction of sp³-hybridized carbons (Fsp3) is 0.846. The SMILES string of the molecule is CCCCC(C)NCc1cn(C(C)(C)C)nn1. The van der Waals surface area contributed by atoms with Crippen molar-refractivity contribution in [1.82, 2.24) is 20.3 Å². The summed E-state index contributed by atoms with van der Waals surface area (Å²) in [6, 6.07) is 0.551. The molecule has 0 aromatic carbocycles. The van der Waals surface area contributed by atoms with Crippen molar-refractivity contribution in [2.45, 2.75) is 72.0 Å². The summed E-state index contributed by atoms with van der Waals surface area (Å²) >= 11 is 0. The van der Waals surface area contributed by atoms with Gasteiger partial charge in [0.15, 0.2) is 0 Å². The van der Waals surface area contributed by atoms with Crippen LogP contribution in [-0.4, -0.2) is 21.0 Å². The van der Waals surface area contributed by atoms with E-state index >= 15 is 0 Å². The van der Waals surface area contributed by atoms with Crippen LogP contribution in [0, 0.1) is 0 Å². The van der Waals surface area contributed by atoms with Gasteiger partial charge in [-0.15, -0.1) is 5.10 Å². The maximum absolute atomic E-state index is 4.19. The highest BCUT2D eigenvalue weighted by Crippen LogP contribution is 2.11. The quantitative estimate of drug-likeness (QED) is 0.828. The van der Waals surface area contributed by atoms with Gasteiger partial charge in [-0.3, -0.25) is 0 Å². The molecule has 17 heavy (non-hydrogen) atoms. The van der Waals surface area contributed by atoms with Crippen molar-refractivity contribution in [3.63, 3.8) is 0 Å². The van der Waals surface area contributed by atoms with Crippen LogP contribution in [0.25, 0.3) is 0 Å². The average molecular weight is 238 g/mol. The molecule has 0 aliphatic heterocycles. The van der Waals surface area contributed by atoms with Crippen LogP contribution in [-0.2, 0) is 12.1 Å². The lowest BCUT2D eigenvalue weighted by atomic mass is 10.1. The zero-order valence-corrected chi connectivity index (χ0v) is 11.8. The van der Waals surface area contributed by atoms with Gasteiger partial charge in [-0.25, -0.2) is 4.68 Å². The molecular weight excluding hydrogens is 212 g/mol. The van der Waals surface area contributed by atoms with Crippen LogP contribution in [0.1, 0.15) is 59.6 Å². The zero-order chi connectivity index (χ0) is 12.9. The zero-order valence-electron chi connectivity index (χ0n) is 11.8. The summed E-state index contributed by atoms with van der Waals surface area (Å²) < 4.78 is 1.92. The van der Waals surface area contributed by atoms with E-state index in [1.807, 2.05) is 10.9 Å². The summed E-state index contributed by atoms with van der Waals surface area (Å²) in [6.45, 7) is 11.6. The molecule has 4 nitrogen and oxygen atoms in total. The molecule has 1 rings (SSSR count). The van der Waals surface area contributed by atoms with Gasteiger partial charge in [0.05, 0.1) is 17.4 Å². The highest BCUT2D eigenvalue weighted by atomic mass is 15.4. The highest BCUT2D eigenvalue weighted by Gasteiger charge is 2.15. The third-order valence-corrected chi connectivity index (χ3v) is 2.85. The summed E-state index contributed by atoms with van der Waals surface area (Å²) in [4.78, 5) is 0. The lowest BCUT2D eigenvalue weighted by Crippen LogP contribution is -2.25. The van der Waals surface area contributed by atoms with E-state index in [1.54, 1.807) is 0 Å². The van der Waals surface area contributed by atoms with Gasteiger partial charge in [0.2, 0.25) is 0 Å². The van der Waals surface area contributed by atoms with E-state index in [1.165, 1.54) is 19.3 Å². The molecule has 0 saturated heterocycles. The fourth-order valence-electron chi connectivity index (χ4n) is 1.60. The van der Waals surface area contributed by atoms with Crippen LogP contribution in [0.4, 0.5) is 0 Å². The van der Waals surface area contributed by atoms with Crippen LogP contribution in [0.2, 0.25) is 0 Å². The molecular formula is C13H26N4. The molecule has 1 N–H and O–H groups in total. The smallest absolute Gasteiger partial charge is 0.0965 e. The van der Waals surface area contributed by atoms with E-state index in [0.717, 1.165) is 12.2 Å². The van der Waals surface area contributed by atoms with Gasteiger partial charge < -0.3 is 5.32 Å². The normalized spacial score (nSPS) is 13.9. The van der Waals surface area contributed by atoms with Crippen LogP contribution in [0.5, 0.6) is 0 Å². The summed E-state index contributed by atoms with van der Waals surface area (Å²) in [7, 11) is 0. The van der Waals surface area contributed by atoms with Crippen molar-refractivity contribution in [2.24, 2.45) is 0 Å². The number of hydrogen-bond acceptors (Lipinski definition) is 3. The first-order valence-electron chi connectivity index (χ1n) is 6.58. The van der Waals surface area contributed by atoms with Crippen LogP contribution in [0.3, 0.4) is 0 Å². The third kappa shape index (κ3) is 4.86. The molecule has 0 radical (unpaired) electrons. The topological polar surface area (TPSA) is 42.7 Å². The Bertz CT molecular complexity index is 324. The average Bonchev–Trinajstić information content (AvgIpc) is 2.71. The second kappa shape index (κ2) is 6.15. The maximum atomic E-state index is 4.19. The molecule has 0 aliphatic carbocycles. The van der Waals surface area contributed by atoms with Crippen molar-refractivity contribution < 1.29 is 0 Å². The van der Waals surface area contributed by atoms with E-state index in [4.69, 9.17) is 0 Å². The molecule has 1 unspecified atom stereocenters. The lowest BCUT2D eigenvalue weighted by Gasteiger charge is -2.17. The predicted octanol–water partition coefficient (Wildman–Crippen LogP) is 2.70. The van der Waals surface area contributed by atoms with Gasteiger partial charge in [-0.1, -0.05) is 25.0 Å². The Morgan fingerprint density at radius 1 is 1.41 bits per heavy atom. The first-order chi connectivity index (χ1) is 7.93. The highest BCUT2D eigenvalue weighted by molar-refractivity contribution is 4.94. The maximum Gasteiger partial charge on any atom is 0.0965 e. The molecule has 1 aromatic rings. The fourth-order valence-corrected chi connectivity index (χ4v) is 1.60. The number of nitrogens with one attached hydrogen (secondary N) is 1. The molecule has 0 saturated carbocycles. The van der Waals surface area contributed by atoms with Gasteiger partial charge >= 0.3 is 0 Å². The molecule has 0 bridgehead atoms. The monoisotopic (exact) mass is 238 g/mol.